The van der Waals surface area contributed by atoms with Crippen LogP contribution in [0.1, 0.15) is 12.5 Å². The van der Waals surface area contributed by atoms with E-state index in [9.17, 15) is 4.79 Å². The molecule has 1 fully saturated rings. The van der Waals surface area contributed by atoms with Gasteiger partial charge in [0.25, 0.3) is 0 Å². The number of carbonyl (C=O) groups is 1. The molecule has 3 atom stereocenters. The number of hydrogen-bond acceptors (Lipinski definition) is 6. The van der Waals surface area contributed by atoms with Gasteiger partial charge in [0.1, 0.15) is 0 Å². The van der Waals surface area contributed by atoms with Gasteiger partial charge in [-0.05, 0) is 18.6 Å². The highest BCUT2D eigenvalue weighted by atomic mass is 16.8. The maximum atomic E-state index is 11.9. The van der Waals surface area contributed by atoms with Gasteiger partial charge in [-0.15, -0.1) is 0 Å². The Bertz CT molecular complexity index is 555. The maximum Gasteiger partial charge on any atom is 0.373 e. The van der Waals surface area contributed by atoms with Crippen molar-refractivity contribution in [3.8, 4) is 0 Å². The van der Waals surface area contributed by atoms with Gasteiger partial charge in [0, 0.05) is 0 Å². The van der Waals surface area contributed by atoms with Gasteiger partial charge in [0.15, 0.2) is 6.79 Å². The van der Waals surface area contributed by atoms with Crippen LogP contribution in [0.3, 0.4) is 0 Å². The van der Waals surface area contributed by atoms with Gasteiger partial charge in [-0.25, -0.2) is 4.79 Å². The fourth-order valence-corrected chi connectivity index (χ4v) is 2.57. The van der Waals surface area contributed by atoms with Gasteiger partial charge in [-0.2, -0.15) is 0 Å². The standard InChI is InChI=1S/C17H20O6/c1-2-20-16(18)15-8-14(13-10-19-11-22-17(13)23-15)21-9-12-6-4-3-5-7-12/h3-8,13-14,17H,2,9-11H2,1H3/t13-,14-,17+/m0/s1. The molecule has 6 nitrogen and oxygen atoms in total. The summed E-state index contributed by atoms with van der Waals surface area (Å²) in [6.07, 6.45) is 0.753. The van der Waals surface area contributed by atoms with Gasteiger partial charge in [0.05, 0.1) is 31.8 Å². The molecule has 0 aliphatic carbocycles. The SMILES string of the molecule is CCOC(=O)C1=C[C@H](OCc2ccccc2)[C@@H]2COCO[C@@H]2O1. The van der Waals surface area contributed by atoms with Crippen LogP contribution in [-0.2, 0) is 35.1 Å². The average Bonchev–Trinajstić information content (AvgIpc) is 2.60. The number of carbonyl (C=O) groups excluding carboxylic acids is 1. The van der Waals surface area contributed by atoms with Crippen molar-refractivity contribution in [1.29, 1.82) is 0 Å². The Labute approximate surface area is 134 Å². The van der Waals surface area contributed by atoms with Gasteiger partial charge in [-0.3, -0.25) is 0 Å². The number of benzene rings is 1. The Kier molecular flexibility index (Phi) is 5.27. The Morgan fingerprint density at radius 3 is 2.91 bits per heavy atom. The molecule has 1 aromatic carbocycles. The summed E-state index contributed by atoms with van der Waals surface area (Å²) in [5.74, 6) is -0.493. The maximum absolute atomic E-state index is 11.9. The molecule has 0 saturated carbocycles. The lowest BCUT2D eigenvalue weighted by atomic mass is 9.98. The van der Waals surface area contributed by atoms with Crippen molar-refractivity contribution in [2.45, 2.75) is 25.9 Å². The number of ether oxygens (including phenoxy) is 5. The molecule has 2 heterocycles. The largest absolute Gasteiger partial charge is 0.460 e. The lowest BCUT2D eigenvalue weighted by molar-refractivity contribution is -0.275. The third kappa shape index (κ3) is 3.90. The molecule has 0 aromatic heterocycles. The number of rotatable bonds is 5. The summed E-state index contributed by atoms with van der Waals surface area (Å²) in [7, 11) is 0. The lowest BCUT2D eigenvalue weighted by Crippen LogP contribution is -2.47. The molecule has 1 saturated heterocycles. The quantitative estimate of drug-likeness (QED) is 0.773. The summed E-state index contributed by atoms with van der Waals surface area (Å²) >= 11 is 0. The number of fused-ring (bicyclic) bond motifs is 1. The van der Waals surface area contributed by atoms with Crippen molar-refractivity contribution in [2.24, 2.45) is 5.92 Å². The molecular weight excluding hydrogens is 300 g/mol. The fourth-order valence-electron chi connectivity index (χ4n) is 2.57. The van der Waals surface area contributed by atoms with Crippen LogP contribution in [-0.4, -0.2) is 38.4 Å². The minimum Gasteiger partial charge on any atom is -0.460 e. The molecule has 124 valence electrons. The topological polar surface area (TPSA) is 63.2 Å². The van der Waals surface area contributed by atoms with E-state index in [1.807, 2.05) is 30.3 Å². The van der Waals surface area contributed by atoms with E-state index in [1.54, 1.807) is 13.0 Å². The summed E-state index contributed by atoms with van der Waals surface area (Å²) in [5.41, 5.74) is 1.05. The van der Waals surface area contributed by atoms with E-state index in [0.29, 0.717) is 13.2 Å². The Hall–Kier alpha value is -1.89. The van der Waals surface area contributed by atoms with Crippen LogP contribution >= 0.6 is 0 Å². The molecule has 0 bridgehead atoms. The summed E-state index contributed by atoms with van der Waals surface area (Å²) in [6.45, 7) is 3.06. The molecule has 2 aliphatic heterocycles. The molecule has 0 N–H and O–H groups in total. The Morgan fingerprint density at radius 2 is 2.13 bits per heavy atom. The molecule has 0 radical (unpaired) electrons. The highest BCUT2D eigenvalue weighted by molar-refractivity contribution is 5.86. The zero-order valence-corrected chi connectivity index (χ0v) is 13.0. The van der Waals surface area contributed by atoms with Crippen LogP contribution in [0.4, 0.5) is 0 Å². The Morgan fingerprint density at radius 1 is 1.30 bits per heavy atom. The first-order chi connectivity index (χ1) is 11.3. The van der Waals surface area contributed by atoms with Crippen LogP contribution in [0.25, 0.3) is 0 Å². The average molecular weight is 320 g/mol. The second-order valence-corrected chi connectivity index (χ2v) is 5.32. The Balaban J connectivity index is 1.73. The van der Waals surface area contributed by atoms with Crippen molar-refractivity contribution in [1.82, 2.24) is 0 Å². The van der Waals surface area contributed by atoms with Gasteiger partial charge >= 0.3 is 5.97 Å². The molecule has 2 aliphatic rings. The summed E-state index contributed by atoms with van der Waals surface area (Å²) in [6, 6.07) is 9.84. The number of esters is 1. The smallest absolute Gasteiger partial charge is 0.373 e. The summed E-state index contributed by atoms with van der Waals surface area (Å²) < 4.78 is 27.3. The van der Waals surface area contributed by atoms with Crippen LogP contribution in [0.5, 0.6) is 0 Å². The second-order valence-electron chi connectivity index (χ2n) is 5.32. The molecule has 23 heavy (non-hydrogen) atoms. The van der Waals surface area contributed by atoms with Crippen LogP contribution in [0.2, 0.25) is 0 Å². The van der Waals surface area contributed by atoms with Crippen molar-refractivity contribution >= 4 is 5.97 Å². The first kappa shape index (κ1) is 16.0. The van der Waals surface area contributed by atoms with E-state index in [1.165, 1.54) is 0 Å². The first-order valence-electron chi connectivity index (χ1n) is 7.68. The first-order valence-corrected chi connectivity index (χ1v) is 7.68. The van der Waals surface area contributed by atoms with Gasteiger partial charge in [-0.1, -0.05) is 30.3 Å². The predicted octanol–water partition coefficient (Wildman–Crippen LogP) is 2.00. The minimum atomic E-state index is -0.561. The van der Waals surface area contributed by atoms with E-state index in [2.05, 4.69) is 0 Å². The molecule has 6 heteroatoms. The third-order valence-corrected chi connectivity index (χ3v) is 3.72. The molecule has 0 amide bonds. The van der Waals surface area contributed by atoms with Gasteiger partial charge < -0.3 is 23.7 Å². The van der Waals surface area contributed by atoms with E-state index in [0.717, 1.165) is 5.56 Å². The fraction of sp³-hybridized carbons (Fsp3) is 0.471. The van der Waals surface area contributed by atoms with Crippen molar-refractivity contribution in [2.75, 3.05) is 20.0 Å². The van der Waals surface area contributed by atoms with E-state index in [-0.39, 0.29) is 31.2 Å². The van der Waals surface area contributed by atoms with Gasteiger partial charge in [0.2, 0.25) is 12.0 Å². The predicted molar refractivity (Wildman–Crippen MR) is 80.0 cm³/mol. The normalized spacial score (nSPS) is 26.7. The van der Waals surface area contributed by atoms with Crippen molar-refractivity contribution in [3.05, 3.63) is 47.7 Å². The molecular formula is C17H20O6. The highest BCUT2D eigenvalue weighted by Gasteiger charge is 2.41. The minimum absolute atomic E-state index is 0.120. The van der Waals surface area contributed by atoms with Crippen molar-refractivity contribution < 1.29 is 28.5 Å². The molecule has 0 spiro atoms. The zero-order chi connectivity index (χ0) is 16.1. The van der Waals surface area contributed by atoms with Crippen LogP contribution in [0.15, 0.2) is 42.2 Å². The van der Waals surface area contributed by atoms with Crippen LogP contribution < -0.4 is 0 Å². The monoisotopic (exact) mass is 320 g/mol. The third-order valence-electron chi connectivity index (χ3n) is 3.72. The molecule has 3 rings (SSSR count). The summed E-state index contributed by atoms with van der Waals surface area (Å²) in [5, 5.41) is 0. The number of hydrogen-bond donors (Lipinski definition) is 0. The molecule has 1 aromatic rings. The van der Waals surface area contributed by atoms with Crippen LogP contribution in [0, 0.1) is 5.92 Å². The van der Waals surface area contributed by atoms with Crippen molar-refractivity contribution in [3.63, 3.8) is 0 Å². The summed E-state index contributed by atoms with van der Waals surface area (Å²) in [4.78, 5) is 11.9. The van der Waals surface area contributed by atoms with E-state index in [4.69, 9.17) is 23.7 Å². The van der Waals surface area contributed by atoms with E-state index < -0.39 is 12.3 Å². The lowest BCUT2D eigenvalue weighted by Gasteiger charge is -2.38. The zero-order valence-electron chi connectivity index (χ0n) is 13.0. The second kappa shape index (κ2) is 7.59. The van der Waals surface area contributed by atoms with E-state index >= 15 is 0 Å². The molecule has 0 unspecified atom stereocenters. The highest BCUT2D eigenvalue weighted by Crippen LogP contribution is 2.30.